The number of aromatic nitrogens is 2. The molecule has 3 heterocycles. The quantitative estimate of drug-likeness (QED) is 0.684. The van der Waals surface area contributed by atoms with E-state index >= 15 is 0 Å². The highest BCUT2D eigenvalue weighted by Crippen LogP contribution is 2.34. The highest BCUT2D eigenvalue weighted by Gasteiger charge is 2.39. The normalized spacial score (nSPS) is 23.9. The molecule has 8 nitrogen and oxygen atoms in total. The fourth-order valence-electron chi connectivity index (χ4n) is 4.13. The summed E-state index contributed by atoms with van der Waals surface area (Å²) in [4.78, 5) is 23.4. The van der Waals surface area contributed by atoms with Crippen LogP contribution in [-0.2, 0) is 4.79 Å². The Morgan fingerprint density at radius 3 is 2.64 bits per heavy atom. The molecule has 28 heavy (non-hydrogen) atoms. The summed E-state index contributed by atoms with van der Waals surface area (Å²) in [5, 5.41) is 17.3. The Kier molecular flexibility index (Phi) is 6.08. The van der Waals surface area contributed by atoms with Crippen LogP contribution in [0.5, 0.6) is 5.75 Å². The lowest BCUT2D eigenvalue weighted by molar-refractivity contribution is -0.122. The predicted octanol–water partition coefficient (Wildman–Crippen LogP) is 2.22. The van der Waals surface area contributed by atoms with E-state index < -0.39 is 6.61 Å². The third-order valence-electron chi connectivity index (χ3n) is 5.41. The summed E-state index contributed by atoms with van der Waals surface area (Å²) >= 11 is 0. The molecule has 2 aliphatic rings. The minimum atomic E-state index is -2.89. The lowest BCUT2D eigenvalue weighted by Gasteiger charge is -2.36. The van der Waals surface area contributed by atoms with Crippen molar-refractivity contribution >= 4 is 23.3 Å². The van der Waals surface area contributed by atoms with Crippen LogP contribution >= 0.6 is 0 Å². The standard InChI is InChI=1S/C17H20F2N4O2.CH2O2/c1-23-10-2-3-11(23)7-9(6-10)20-16(24)15-13-5-4-12(25-17(18)19)8-14(13)21-22-15;2-1-3/h4-5,8-11,17H,2-3,6-7H2,1H3,(H,20,24)(H,21,22);1H,(H,2,3). The van der Waals surface area contributed by atoms with Gasteiger partial charge in [0.1, 0.15) is 5.75 Å². The Morgan fingerprint density at radius 1 is 1.39 bits per heavy atom. The summed E-state index contributed by atoms with van der Waals surface area (Å²) in [7, 11) is 2.15. The maximum absolute atomic E-state index is 12.6. The molecule has 0 radical (unpaired) electrons. The number of ether oxygens (including phenoxy) is 1. The second kappa shape index (κ2) is 8.51. The number of hydrogen-bond acceptors (Lipinski definition) is 5. The number of H-pyrrole nitrogens is 1. The smallest absolute Gasteiger partial charge is 0.387 e. The Balaban J connectivity index is 0.000000706. The van der Waals surface area contributed by atoms with E-state index in [4.69, 9.17) is 9.90 Å². The number of carbonyl (C=O) groups is 2. The Labute approximate surface area is 159 Å². The maximum Gasteiger partial charge on any atom is 0.387 e. The molecule has 10 heteroatoms. The molecule has 2 aliphatic heterocycles. The van der Waals surface area contributed by atoms with Gasteiger partial charge in [-0.3, -0.25) is 14.7 Å². The van der Waals surface area contributed by atoms with E-state index in [1.165, 1.54) is 25.0 Å². The van der Waals surface area contributed by atoms with Gasteiger partial charge < -0.3 is 20.1 Å². The number of halogens is 2. The molecule has 2 saturated heterocycles. The Bertz CT molecular complexity index is 830. The third kappa shape index (κ3) is 4.22. The molecule has 0 spiro atoms. The van der Waals surface area contributed by atoms with Crippen molar-refractivity contribution in [2.24, 2.45) is 0 Å². The topological polar surface area (TPSA) is 108 Å². The molecule has 2 unspecified atom stereocenters. The van der Waals surface area contributed by atoms with Crippen molar-refractivity contribution in [3.8, 4) is 5.75 Å². The first-order valence-electron chi connectivity index (χ1n) is 8.96. The van der Waals surface area contributed by atoms with E-state index in [-0.39, 0.29) is 29.9 Å². The van der Waals surface area contributed by atoms with Crippen molar-refractivity contribution < 1.29 is 28.2 Å². The van der Waals surface area contributed by atoms with E-state index in [1.807, 2.05) is 0 Å². The number of amides is 1. The lowest BCUT2D eigenvalue weighted by Crippen LogP contribution is -2.48. The number of hydrogen-bond donors (Lipinski definition) is 3. The van der Waals surface area contributed by atoms with Crippen LogP contribution in [0.1, 0.15) is 36.2 Å². The second-order valence-corrected chi connectivity index (χ2v) is 6.96. The number of alkyl halides is 2. The zero-order valence-electron chi connectivity index (χ0n) is 15.3. The molecule has 3 N–H and O–H groups in total. The Hall–Kier alpha value is -2.75. The number of benzene rings is 1. The molecule has 1 aromatic heterocycles. The summed E-state index contributed by atoms with van der Waals surface area (Å²) in [6.45, 7) is -3.14. The molecule has 1 amide bonds. The number of rotatable bonds is 4. The van der Waals surface area contributed by atoms with Gasteiger partial charge in [0.2, 0.25) is 0 Å². The average Bonchev–Trinajstić information content (AvgIpc) is 3.12. The van der Waals surface area contributed by atoms with Gasteiger partial charge in [0.05, 0.1) is 5.52 Å². The van der Waals surface area contributed by atoms with Crippen LogP contribution in [0.4, 0.5) is 8.78 Å². The van der Waals surface area contributed by atoms with Crippen LogP contribution in [0, 0.1) is 0 Å². The molecule has 2 atom stereocenters. The van der Waals surface area contributed by atoms with Gasteiger partial charge in [-0.25, -0.2) is 0 Å². The summed E-state index contributed by atoms with van der Waals surface area (Å²) in [5.74, 6) is -0.201. The molecule has 2 bridgehead atoms. The van der Waals surface area contributed by atoms with Crippen LogP contribution < -0.4 is 10.1 Å². The zero-order valence-corrected chi connectivity index (χ0v) is 15.3. The summed E-state index contributed by atoms with van der Waals surface area (Å²) in [6, 6.07) is 5.62. The van der Waals surface area contributed by atoms with Crippen molar-refractivity contribution in [1.29, 1.82) is 0 Å². The molecule has 2 aromatic rings. The number of carbonyl (C=O) groups excluding carboxylic acids is 1. The van der Waals surface area contributed by atoms with Crippen molar-refractivity contribution in [3.63, 3.8) is 0 Å². The van der Waals surface area contributed by atoms with Gasteiger partial charge in [0.15, 0.2) is 5.69 Å². The van der Waals surface area contributed by atoms with Crippen LogP contribution in [0.25, 0.3) is 10.9 Å². The molecular weight excluding hydrogens is 374 g/mol. The van der Waals surface area contributed by atoms with Crippen LogP contribution in [0.3, 0.4) is 0 Å². The molecule has 4 rings (SSSR count). The van der Waals surface area contributed by atoms with Gasteiger partial charge in [-0.2, -0.15) is 13.9 Å². The van der Waals surface area contributed by atoms with Crippen molar-refractivity contribution in [1.82, 2.24) is 20.4 Å². The Morgan fingerprint density at radius 2 is 2.04 bits per heavy atom. The van der Waals surface area contributed by atoms with E-state index in [0.717, 1.165) is 12.8 Å². The predicted molar refractivity (Wildman–Crippen MR) is 96.5 cm³/mol. The van der Waals surface area contributed by atoms with Gasteiger partial charge in [-0.05, 0) is 44.9 Å². The molecule has 0 aliphatic carbocycles. The number of piperidine rings is 1. The first kappa shape index (κ1) is 20.0. The van der Waals surface area contributed by atoms with Gasteiger partial charge in [0, 0.05) is 29.6 Å². The molecule has 0 saturated carbocycles. The first-order valence-corrected chi connectivity index (χ1v) is 8.96. The van der Waals surface area contributed by atoms with E-state index in [2.05, 4.69) is 32.2 Å². The summed E-state index contributed by atoms with van der Waals surface area (Å²) in [5.41, 5.74) is 0.775. The lowest BCUT2D eigenvalue weighted by atomic mass is 9.98. The summed E-state index contributed by atoms with van der Waals surface area (Å²) in [6.07, 6.45) is 4.28. The minimum Gasteiger partial charge on any atom is -0.483 e. The number of fused-ring (bicyclic) bond motifs is 3. The van der Waals surface area contributed by atoms with Gasteiger partial charge in [-0.15, -0.1) is 0 Å². The highest BCUT2D eigenvalue weighted by atomic mass is 19.3. The fourth-order valence-corrected chi connectivity index (χ4v) is 4.13. The number of carboxylic acid groups (broad SMARTS) is 1. The molecule has 2 fully saturated rings. The SMILES string of the molecule is CN1C2CCC1CC(NC(=O)c1n[nH]c3cc(OC(F)F)ccc13)C2.O=CO. The van der Waals surface area contributed by atoms with E-state index in [0.29, 0.717) is 23.0 Å². The van der Waals surface area contributed by atoms with Crippen molar-refractivity contribution in [3.05, 3.63) is 23.9 Å². The zero-order chi connectivity index (χ0) is 20.3. The van der Waals surface area contributed by atoms with Gasteiger partial charge in [0.25, 0.3) is 12.4 Å². The fraction of sp³-hybridized carbons (Fsp3) is 0.500. The van der Waals surface area contributed by atoms with Crippen LogP contribution in [-0.4, -0.2) is 64.4 Å². The largest absolute Gasteiger partial charge is 0.483 e. The third-order valence-corrected chi connectivity index (χ3v) is 5.41. The summed E-state index contributed by atoms with van der Waals surface area (Å²) < 4.78 is 29.0. The highest BCUT2D eigenvalue weighted by molar-refractivity contribution is 6.05. The molecule has 152 valence electrons. The van der Waals surface area contributed by atoms with Crippen LogP contribution in [0.15, 0.2) is 18.2 Å². The van der Waals surface area contributed by atoms with Gasteiger partial charge in [-0.1, -0.05) is 0 Å². The van der Waals surface area contributed by atoms with Gasteiger partial charge >= 0.3 is 6.61 Å². The number of aromatic amines is 1. The second-order valence-electron chi connectivity index (χ2n) is 6.96. The monoisotopic (exact) mass is 396 g/mol. The van der Waals surface area contributed by atoms with Crippen molar-refractivity contribution in [2.45, 2.75) is 50.4 Å². The molecular formula is C18H22F2N4O4. The van der Waals surface area contributed by atoms with Crippen LogP contribution in [0.2, 0.25) is 0 Å². The first-order chi connectivity index (χ1) is 13.4. The van der Waals surface area contributed by atoms with Crippen molar-refractivity contribution in [2.75, 3.05) is 7.05 Å². The molecule has 1 aromatic carbocycles. The van der Waals surface area contributed by atoms with E-state index in [1.54, 1.807) is 6.07 Å². The maximum atomic E-state index is 12.6. The number of nitrogens with zero attached hydrogens (tertiary/aromatic N) is 2. The van der Waals surface area contributed by atoms with E-state index in [9.17, 15) is 13.6 Å². The number of nitrogens with one attached hydrogen (secondary N) is 2. The minimum absolute atomic E-state index is 0.0324. The average molecular weight is 396 g/mol.